The summed E-state index contributed by atoms with van der Waals surface area (Å²) >= 11 is 3.59. The average molecular weight is 339 g/mol. The van der Waals surface area contributed by atoms with Crippen molar-refractivity contribution in [2.45, 2.75) is 52.0 Å². The van der Waals surface area contributed by atoms with E-state index in [1.807, 2.05) is 0 Å². The lowest BCUT2D eigenvalue weighted by Crippen LogP contribution is -2.25. The molecule has 1 aliphatic heterocycles. The Kier molecular flexibility index (Phi) is 5.91. The molecule has 2 atom stereocenters. The van der Waals surface area contributed by atoms with E-state index in [1.54, 1.807) is 0 Å². The minimum absolute atomic E-state index is 0.261. The molecule has 1 heterocycles. The molecule has 2 unspecified atom stereocenters. The van der Waals surface area contributed by atoms with Crippen molar-refractivity contribution in [2.24, 2.45) is 11.7 Å². The SMILES string of the molecule is CCCC1CCN(c2ccc(Br)cc2CC(N)CC)C1. The van der Waals surface area contributed by atoms with Gasteiger partial charge in [-0.3, -0.25) is 0 Å². The quantitative estimate of drug-likeness (QED) is 0.835. The summed E-state index contributed by atoms with van der Waals surface area (Å²) in [5, 5.41) is 0. The molecule has 0 aromatic heterocycles. The molecule has 1 aromatic rings. The topological polar surface area (TPSA) is 29.3 Å². The summed E-state index contributed by atoms with van der Waals surface area (Å²) in [6, 6.07) is 6.93. The summed E-state index contributed by atoms with van der Waals surface area (Å²) in [7, 11) is 0. The summed E-state index contributed by atoms with van der Waals surface area (Å²) in [4.78, 5) is 2.56. The van der Waals surface area contributed by atoms with Crippen molar-refractivity contribution in [3.63, 3.8) is 0 Å². The number of hydrogen-bond acceptors (Lipinski definition) is 2. The van der Waals surface area contributed by atoms with Crippen LogP contribution in [0.5, 0.6) is 0 Å². The zero-order valence-electron chi connectivity index (χ0n) is 12.7. The first kappa shape index (κ1) is 15.8. The molecule has 0 amide bonds. The molecule has 0 bridgehead atoms. The molecular formula is C17H27BrN2. The van der Waals surface area contributed by atoms with Gasteiger partial charge in [-0.1, -0.05) is 36.2 Å². The van der Waals surface area contributed by atoms with Gasteiger partial charge in [0, 0.05) is 29.3 Å². The number of anilines is 1. The van der Waals surface area contributed by atoms with Crippen molar-refractivity contribution in [1.29, 1.82) is 0 Å². The first-order valence-corrected chi connectivity index (χ1v) is 8.72. The van der Waals surface area contributed by atoms with E-state index in [0.717, 1.165) is 23.2 Å². The van der Waals surface area contributed by atoms with E-state index in [9.17, 15) is 0 Å². The van der Waals surface area contributed by atoms with E-state index < -0.39 is 0 Å². The van der Waals surface area contributed by atoms with Crippen molar-refractivity contribution in [2.75, 3.05) is 18.0 Å². The predicted octanol–water partition coefficient (Wildman–Crippen LogP) is 4.36. The van der Waals surface area contributed by atoms with Crippen molar-refractivity contribution in [3.05, 3.63) is 28.2 Å². The predicted molar refractivity (Wildman–Crippen MR) is 91.3 cm³/mol. The Labute approximate surface area is 131 Å². The van der Waals surface area contributed by atoms with Gasteiger partial charge in [-0.05, 0) is 55.4 Å². The summed E-state index contributed by atoms with van der Waals surface area (Å²) in [5.41, 5.74) is 8.96. The Bertz CT molecular complexity index is 433. The van der Waals surface area contributed by atoms with Gasteiger partial charge in [-0.25, -0.2) is 0 Å². The maximum absolute atomic E-state index is 6.16. The van der Waals surface area contributed by atoms with Gasteiger partial charge in [0.2, 0.25) is 0 Å². The third-order valence-electron chi connectivity index (χ3n) is 4.37. The molecule has 0 aliphatic carbocycles. The molecule has 112 valence electrons. The molecule has 3 heteroatoms. The minimum atomic E-state index is 0.261. The van der Waals surface area contributed by atoms with Crippen LogP contribution in [0.2, 0.25) is 0 Å². The van der Waals surface area contributed by atoms with E-state index in [4.69, 9.17) is 5.73 Å². The molecular weight excluding hydrogens is 312 g/mol. The molecule has 2 rings (SSSR count). The van der Waals surface area contributed by atoms with Crippen LogP contribution in [0.1, 0.15) is 45.1 Å². The second-order valence-corrected chi connectivity index (χ2v) is 6.95. The fourth-order valence-corrected chi connectivity index (χ4v) is 3.56. The smallest absolute Gasteiger partial charge is 0.0400 e. The molecule has 20 heavy (non-hydrogen) atoms. The molecule has 1 saturated heterocycles. The number of hydrogen-bond donors (Lipinski definition) is 1. The molecule has 1 aromatic carbocycles. The molecule has 1 aliphatic rings. The van der Waals surface area contributed by atoms with Gasteiger partial charge >= 0.3 is 0 Å². The first-order chi connectivity index (χ1) is 9.63. The van der Waals surface area contributed by atoms with Gasteiger partial charge in [-0.2, -0.15) is 0 Å². The number of rotatable bonds is 6. The van der Waals surface area contributed by atoms with Crippen molar-refractivity contribution < 1.29 is 0 Å². The Morgan fingerprint density at radius 2 is 2.20 bits per heavy atom. The van der Waals surface area contributed by atoms with E-state index in [1.165, 1.54) is 43.6 Å². The number of nitrogens with two attached hydrogens (primary N) is 1. The van der Waals surface area contributed by atoms with Crippen LogP contribution in [-0.4, -0.2) is 19.1 Å². The maximum Gasteiger partial charge on any atom is 0.0400 e. The van der Waals surface area contributed by atoms with Crippen LogP contribution in [-0.2, 0) is 6.42 Å². The summed E-state index contributed by atoms with van der Waals surface area (Å²) in [6.45, 7) is 6.86. The highest BCUT2D eigenvalue weighted by atomic mass is 79.9. The van der Waals surface area contributed by atoms with Gasteiger partial charge in [0.05, 0.1) is 0 Å². The van der Waals surface area contributed by atoms with E-state index in [0.29, 0.717) is 0 Å². The minimum Gasteiger partial charge on any atom is -0.371 e. The van der Waals surface area contributed by atoms with Gasteiger partial charge < -0.3 is 10.6 Å². The van der Waals surface area contributed by atoms with Gasteiger partial charge in [0.25, 0.3) is 0 Å². The second kappa shape index (κ2) is 7.46. The number of nitrogens with zero attached hydrogens (tertiary/aromatic N) is 1. The van der Waals surface area contributed by atoms with E-state index >= 15 is 0 Å². The van der Waals surface area contributed by atoms with Crippen molar-refractivity contribution >= 4 is 21.6 Å². The maximum atomic E-state index is 6.16. The van der Waals surface area contributed by atoms with E-state index in [-0.39, 0.29) is 6.04 Å². The fourth-order valence-electron chi connectivity index (χ4n) is 3.15. The number of benzene rings is 1. The van der Waals surface area contributed by atoms with Crippen molar-refractivity contribution in [1.82, 2.24) is 0 Å². The van der Waals surface area contributed by atoms with Crippen LogP contribution in [0.15, 0.2) is 22.7 Å². The second-order valence-electron chi connectivity index (χ2n) is 6.03. The summed E-state index contributed by atoms with van der Waals surface area (Å²) < 4.78 is 1.16. The Morgan fingerprint density at radius 3 is 2.90 bits per heavy atom. The van der Waals surface area contributed by atoms with Crippen molar-refractivity contribution in [3.8, 4) is 0 Å². The van der Waals surface area contributed by atoms with Gasteiger partial charge in [0.1, 0.15) is 0 Å². The number of halogens is 1. The zero-order chi connectivity index (χ0) is 14.5. The van der Waals surface area contributed by atoms with Crippen LogP contribution < -0.4 is 10.6 Å². The Morgan fingerprint density at radius 1 is 1.40 bits per heavy atom. The molecule has 0 saturated carbocycles. The Hall–Kier alpha value is -0.540. The van der Waals surface area contributed by atoms with Crippen LogP contribution >= 0.6 is 15.9 Å². The molecule has 2 nitrogen and oxygen atoms in total. The third kappa shape index (κ3) is 3.98. The molecule has 1 fully saturated rings. The fraction of sp³-hybridized carbons (Fsp3) is 0.647. The van der Waals surface area contributed by atoms with Gasteiger partial charge in [-0.15, -0.1) is 0 Å². The Balaban J connectivity index is 2.14. The van der Waals surface area contributed by atoms with Crippen LogP contribution in [0.4, 0.5) is 5.69 Å². The van der Waals surface area contributed by atoms with Crippen LogP contribution in [0.3, 0.4) is 0 Å². The first-order valence-electron chi connectivity index (χ1n) is 7.93. The lowest BCUT2D eigenvalue weighted by atomic mass is 10.0. The van der Waals surface area contributed by atoms with Crippen LogP contribution in [0.25, 0.3) is 0 Å². The lowest BCUT2D eigenvalue weighted by molar-refractivity contribution is 0.529. The van der Waals surface area contributed by atoms with Gasteiger partial charge in [0.15, 0.2) is 0 Å². The highest BCUT2D eigenvalue weighted by Crippen LogP contribution is 2.31. The highest BCUT2D eigenvalue weighted by Gasteiger charge is 2.23. The van der Waals surface area contributed by atoms with E-state index in [2.05, 4.69) is 52.9 Å². The third-order valence-corrected chi connectivity index (χ3v) is 4.86. The average Bonchev–Trinajstić information content (AvgIpc) is 2.87. The summed E-state index contributed by atoms with van der Waals surface area (Å²) in [5.74, 6) is 0.872. The normalized spacial score (nSPS) is 20.4. The largest absolute Gasteiger partial charge is 0.371 e. The zero-order valence-corrected chi connectivity index (χ0v) is 14.3. The molecule has 0 spiro atoms. The molecule has 2 N–H and O–H groups in total. The summed E-state index contributed by atoms with van der Waals surface area (Å²) in [6.07, 6.45) is 6.00. The van der Waals surface area contributed by atoms with Crippen LogP contribution in [0, 0.1) is 5.92 Å². The highest BCUT2D eigenvalue weighted by molar-refractivity contribution is 9.10. The standard InChI is InChI=1S/C17H27BrN2/c1-3-5-13-8-9-20(12-13)17-7-6-15(18)10-14(17)11-16(19)4-2/h6-7,10,13,16H,3-5,8-9,11-12,19H2,1-2H3. The molecule has 0 radical (unpaired) electrons. The monoisotopic (exact) mass is 338 g/mol. The lowest BCUT2D eigenvalue weighted by Gasteiger charge is -2.23.